The van der Waals surface area contributed by atoms with Crippen LogP contribution in [0, 0.1) is 16.2 Å². The molecule has 2 aromatic heterocycles. The van der Waals surface area contributed by atoms with Crippen LogP contribution in [-0.2, 0) is 17.9 Å². The second kappa shape index (κ2) is 8.21. The maximum Gasteiger partial charge on any atom is 0.165 e. The number of fused-ring (bicyclic) bond motifs is 1. The first kappa shape index (κ1) is 23.5. The Labute approximate surface area is 222 Å². The van der Waals surface area contributed by atoms with Gasteiger partial charge < -0.3 is 9.67 Å². The number of ketones is 2. The lowest BCUT2D eigenvalue weighted by Crippen LogP contribution is -2.68. The van der Waals surface area contributed by atoms with Crippen LogP contribution in [0.5, 0.6) is 0 Å². The SMILES string of the molecule is CC(=O)C12CC(C3(CC(=O)c4cccc5ccn(Cc6ccc(-c7ccccc7CO)cn6)c45)CC3)(C1)C2. The fourth-order valence-electron chi connectivity index (χ4n) is 7.58. The third kappa shape index (κ3) is 3.37. The molecule has 0 aliphatic heterocycles. The van der Waals surface area contributed by atoms with Crippen molar-refractivity contribution in [1.29, 1.82) is 0 Å². The number of Topliss-reactive ketones (excluding diaryl/α,β-unsaturated/α-hetero) is 2. The zero-order valence-corrected chi connectivity index (χ0v) is 21.7. The zero-order chi connectivity index (χ0) is 26.1. The van der Waals surface area contributed by atoms with Crippen LogP contribution in [0.4, 0.5) is 0 Å². The smallest absolute Gasteiger partial charge is 0.165 e. The number of hydrogen-bond donors (Lipinski definition) is 1. The summed E-state index contributed by atoms with van der Waals surface area (Å²) in [6.07, 6.45) is 9.69. The highest BCUT2D eigenvalue weighted by molar-refractivity contribution is 6.07. The summed E-state index contributed by atoms with van der Waals surface area (Å²) in [5.41, 5.74) is 5.79. The molecule has 192 valence electrons. The van der Waals surface area contributed by atoms with Gasteiger partial charge in [-0.25, -0.2) is 0 Å². The number of aliphatic hydroxyl groups is 1. The van der Waals surface area contributed by atoms with E-state index in [9.17, 15) is 14.7 Å². The van der Waals surface area contributed by atoms with Crippen LogP contribution in [0.1, 0.15) is 67.1 Å². The lowest BCUT2D eigenvalue weighted by molar-refractivity contribution is -0.233. The summed E-state index contributed by atoms with van der Waals surface area (Å²) in [6, 6.07) is 20.0. The van der Waals surface area contributed by atoms with Crippen molar-refractivity contribution >= 4 is 22.5 Å². The predicted molar refractivity (Wildman–Crippen MR) is 147 cm³/mol. The van der Waals surface area contributed by atoms with Crippen molar-refractivity contribution in [3.8, 4) is 11.1 Å². The highest BCUT2D eigenvalue weighted by atomic mass is 16.3. The summed E-state index contributed by atoms with van der Waals surface area (Å²) in [4.78, 5) is 30.6. The van der Waals surface area contributed by atoms with Crippen molar-refractivity contribution in [1.82, 2.24) is 9.55 Å². The van der Waals surface area contributed by atoms with E-state index in [-0.39, 0.29) is 28.6 Å². The van der Waals surface area contributed by atoms with Gasteiger partial charge in [0.25, 0.3) is 0 Å². The van der Waals surface area contributed by atoms with E-state index in [2.05, 4.69) is 16.7 Å². The molecule has 4 saturated carbocycles. The van der Waals surface area contributed by atoms with Crippen LogP contribution in [0.25, 0.3) is 22.0 Å². The molecule has 2 bridgehead atoms. The van der Waals surface area contributed by atoms with E-state index in [0.29, 0.717) is 18.7 Å². The molecule has 2 heterocycles. The molecule has 38 heavy (non-hydrogen) atoms. The number of para-hydroxylation sites is 1. The standard InChI is InChI=1S/C33H32N2O3/c1-22(37)31-19-33(20-31,21-31)32(12-13-32)15-29(38)28-8-4-6-23-11-14-35(30(23)28)17-26-10-9-24(16-34-26)27-7-3-2-5-25(27)18-36/h2-11,14,16,36H,12-13,15,17-21H2,1H3. The number of benzene rings is 2. The van der Waals surface area contributed by atoms with Crippen molar-refractivity contribution in [3.63, 3.8) is 0 Å². The molecule has 5 nitrogen and oxygen atoms in total. The summed E-state index contributed by atoms with van der Waals surface area (Å²) >= 11 is 0. The van der Waals surface area contributed by atoms with E-state index in [1.807, 2.05) is 60.9 Å². The molecule has 0 saturated heterocycles. The van der Waals surface area contributed by atoms with Crippen LogP contribution in [0.3, 0.4) is 0 Å². The van der Waals surface area contributed by atoms with Crippen LogP contribution in [-0.4, -0.2) is 26.2 Å². The van der Waals surface area contributed by atoms with Gasteiger partial charge in [-0.15, -0.1) is 0 Å². The van der Waals surface area contributed by atoms with E-state index >= 15 is 0 Å². The van der Waals surface area contributed by atoms with Gasteiger partial charge in [-0.05, 0) is 79.2 Å². The fraction of sp³-hybridized carbons (Fsp3) is 0.364. The first-order chi connectivity index (χ1) is 18.4. The van der Waals surface area contributed by atoms with Crippen LogP contribution in [0.2, 0.25) is 0 Å². The molecular weight excluding hydrogens is 472 g/mol. The lowest BCUT2D eigenvalue weighted by atomic mass is 9.30. The van der Waals surface area contributed by atoms with Gasteiger partial charge in [-0.3, -0.25) is 14.6 Å². The normalized spacial score (nSPS) is 24.5. The monoisotopic (exact) mass is 504 g/mol. The third-order valence-corrected chi connectivity index (χ3v) is 10.00. The Morgan fingerprint density at radius 3 is 2.45 bits per heavy atom. The van der Waals surface area contributed by atoms with E-state index < -0.39 is 0 Å². The molecule has 2 aromatic carbocycles. The first-order valence-corrected chi connectivity index (χ1v) is 13.6. The topological polar surface area (TPSA) is 72.2 Å². The van der Waals surface area contributed by atoms with Crippen LogP contribution < -0.4 is 0 Å². The van der Waals surface area contributed by atoms with Crippen molar-refractivity contribution < 1.29 is 14.7 Å². The minimum atomic E-state index is -0.0595. The number of hydrogen-bond acceptors (Lipinski definition) is 4. The van der Waals surface area contributed by atoms with E-state index in [1.54, 1.807) is 6.92 Å². The predicted octanol–water partition coefficient (Wildman–Crippen LogP) is 6.36. The molecule has 1 N–H and O–H groups in total. The Bertz CT molecular complexity index is 1570. The van der Waals surface area contributed by atoms with Crippen molar-refractivity contribution in [2.24, 2.45) is 16.2 Å². The summed E-state index contributed by atoms with van der Waals surface area (Å²) in [5.74, 6) is 0.557. The largest absolute Gasteiger partial charge is 0.392 e. The number of aliphatic hydroxyl groups excluding tert-OH is 1. The molecule has 0 unspecified atom stereocenters. The first-order valence-electron chi connectivity index (χ1n) is 13.6. The molecule has 0 spiro atoms. The Hall–Kier alpha value is -3.57. The molecule has 4 aliphatic carbocycles. The minimum absolute atomic E-state index is 0.00983. The van der Waals surface area contributed by atoms with Gasteiger partial charge in [0.05, 0.1) is 24.4 Å². The zero-order valence-electron chi connectivity index (χ0n) is 21.7. The number of carbonyl (C=O) groups is 2. The number of nitrogens with zero attached hydrogens (tertiary/aromatic N) is 2. The summed E-state index contributed by atoms with van der Waals surface area (Å²) in [6.45, 7) is 2.30. The third-order valence-electron chi connectivity index (χ3n) is 10.00. The maximum absolute atomic E-state index is 13.8. The molecule has 0 radical (unpaired) electrons. The Morgan fingerprint density at radius 1 is 0.974 bits per heavy atom. The molecular formula is C33H32N2O3. The van der Waals surface area contributed by atoms with E-state index in [4.69, 9.17) is 4.98 Å². The van der Waals surface area contributed by atoms with Crippen molar-refractivity contribution in [2.45, 2.75) is 58.6 Å². The summed E-state index contributed by atoms with van der Waals surface area (Å²) < 4.78 is 2.14. The Kier molecular flexibility index (Phi) is 5.09. The number of aromatic nitrogens is 2. The number of pyridine rings is 1. The average molecular weight is 505 g/mol. The average Bonchev–Trinajstić information content (AvgIpc) is 3.52. The summed E-state index contributed by atoms with van der Waals surface area (Å²) in [5, 5.41) is 10.7. The maximum atomic E-state index is 13.8. The van der Waals surface area contributed by atoms with Crippen molar-refractivity contribution in [2.75, 3.05) is 0 Å². The second-order valence-corrected chi connectivity index (χ2v) is 12.1. The Balaban J connectivity index is 1.13. The highest BCUT2D eigenvalue weighted by Crippen LogP contribution is 2.85. The highest BCUT2D eigenvalue weighted by Gasteiger charge is 2.79. The minimum Gasteiger partial charge on any atom is -0.392 e. The van der Waals surface area contributed by atoms with Crippen LogP contribution >= 0.6 is 0 Å². The molecule has 4 fully saturated rings. The molecule has 0 atom stereocenters. The molecule has 4 aromatic rings. The molecule has 0 amide bonds. The van der Waals surface area contributed by atoms with Gasteiger partial charge in [0.1, 0.15) is 5.78 Å². The summed E-state index contributed by atoms with van der Waals surface area (Å²) in [7, 11) is 0. The van der Waals surface area contributed by atoms with Gasteiger partial charge in [0, 0.05) is 40.7 Å². The van der Waals surface area contributed by atoms with Gasteiger partial charge in [-0.1, -0.05) is 42.5 Å². The number of carbonyl (C=O) groups excluding carboxylic acids is 2. The number of rotatable bonds is 9. The van der Waals surface area contributed by atoms with Crippen LogP contribution in [0.15, 0.2) is 73.1 Å². The molecule has 8 rings (SSSR count). The molecule has 4 aliphatic rings. The van der Waals surface area contributed by atoms with Gasteiger partial charge in [0.15, 0.2) is 5.78 Å². The Morgan fingerprint density at radius 2 is 1.76 bits per heavy atom. The van der Waals surface area contributed by atoms with Gasteiger partial charge in [0.2, 0.25) is 0 Å². The second-order valence-electron chi connectivity index (χ2n) is 12.1. The van der Waals surface area contributed by atoms with Gasteiger partial charge >= 0.3 is 0 Å². The van der Waals surface area contributed by atoms with Crippen molar-refractivity contribution in [3.05, 3.63) is 89.9 Å². The lowest BCUT2D eigenvalue weighted by Gasteiger charge is -2.73. The fourth-order valence-corrected chi connectivity index (χ4v) is 7.58. The molecule has 5 heteroatoms. The van der Waals surface area contributed by atoms with E-state index in [0.717, 1.165) is 71.0 Å². The van der Waals surface area contributed by atoms with Gasteiger partial charge in [-0.2, -0.15) is 0 Å². The van der Waals surface area contributed by atoms with E-state index in [1.165, 1.54) is 0 Å². The quantitative estimate of drug-likeness (QED) is 0.269.